The molecule has 0 radical (unpaired) electrons. The molecule has 1 aromatic heterocycles. The van der Waals surface area contributed by atoms with E-state index in [9.17, 15) is 0 Å². The third kappa shape index (κ3) is 1.71. The lowest BCUT2D eigenvalue weighted by atomic mass is 10.3. The van der Waals surface area contributed by atoms with Crippen molar-refractivity contribution in [1.82, 2.24) is 9.78 Å². The van der Waals surface area contributed by atoms with Gasteiger partial charge in [0, 0.05) is 31.8 Å². The summed E-state index contributed by atoms with van der Waals surface area (Å²) in [5.41, 5.74) is 1.15. The predicted octanol–water partition coefficient (Wildman–Crippen LogP) is 1.33. The van der Waals surface area contributed by atoms with Crippen LogP contribution in [0.4, 0.5) is 5.82 Å². The Labute approximate surface area is 77.7 Å². The molecule has 2 rings (SSSR count). The first kappa shape index (κ1) is 8.29. The Morgan fingerprint density at radius 3 is 2.92 bits per heavy atom. The van der Waals surface area contributed by atoms with Crippen LogP contribution < -0.4 is 5.32 Å². The molecule has 1 aliphatic heterocycles. The van der Waals surface area contributed by atoms with Gasteiger partial charge in [0.2, 0.25) is 0 Å². The zero-order valence-corrected chi connectivity index (χ0v) is 8.04. The standard InChI is InChI=1S/C9H14N4/c1-7-6-9(12-13(7)2)11-8-4-3-5-10-8/h6H,3-5H2,1-2H3,(H,10,11,12). The Morgan fingerprint density at radius 2 is 2.38 bits per heavy atom. The molecule has 0 spiro atoms. The number of aryl methyl sites for hydroxylation is 2. The Balaban J connectivity index is 2.09. The fraction of sp³-hybridized carbons (Fsp3) is 0.556. The van der Waals surface area contributed by atoms with Gasteiger partial charge in [-0.2, -0.15) is 5.10 Å². The molecule has 4 heteroatoms. The number of hydrogen-bond donors (Lipinski definition) is 1. The first-order valence-corrected chi connectivity index (χ1v) is 4.57. The van der Waals surface area contributed by atoms with Gasteiger partial charge in [-0.3, -0.25) is 9.67 Å². The van der Waals surface area contributed by atoms with Crippen LogP contribution >= 0.6 is 0 Å². The van der Waals surface area contributed by atoms with Gasteiger partial charge in [-0.05, 0) is 13.3 Å². The maximum atomic E-state index is 4.33. The normalized spacial score (nSPS) is 16.0. The van der Waals surface area contributed by atoms with Gasteiger partial charge in [-0.25, -0.2) is 0 Å². The summed E-state index contributed by atoms with van der Waals surface area (Å²) in [6.45, 7) is 2.99. The summed E-state index contributed by atoms with van der Waals surface area (Å²) in [5.74, 6) is 1.97. The second-order valence-electron chi connectivity index (χ2n) is 3.35. The van der Waals surface area contributed by atoms with E-state index in [1.807, 2.05) is 24.7 Å². The van der Waals surface area contributed by atoms with Crippen molar-refractivity contribution < 1.29 is 0 Å². The molecule has 0 atom stereocenters. The molecule has 70 valence electrons. The molecule has 1 N–H and O–H groups in total. The van der Waals surface area contributed by atoms with Gasteiger partial charge in [0.15, 0.2) is 5.82 Å². The summed E-state index contributed by atoms with van der Waals surface area (Å²) >= 11 is 0. The van der Waals surface area contributed by atoms with Crippen LogP contribution in [0.5, 0.6) is 0 Å². The number of hydrogen-bond acceptors (Lipinski definition) is 3. The lowest BCUT2D eigenvalue weighted by Crippen LogP contribution is -2.08. The molecule has 0 unspecified atom stereocenters. The molecule has 4 nitrogen and oxygen atoms in total. The molecule has 0 saturated carbocycles. The molecule has 0 aromatic carbocycles. The quantitative estimate of drug-likeness (QED) is 0.705. The summed E-state index contributed by atoms with van der Waals surface area (Å²) in [6.07, 6.45) is 2.21. The topological polar surface area (TPSA) is 42.2 Å². The minimum atomic E-state index is 0.903. The Bertz CT molecular complexity index is 318. The Hall–Kier alpha value is -1.32. The van der Waals surface area contributed by atoms with E-state index in [1.165, 1.54) is 0 Å². The Morgan fingerprint density at radius 1 is 1.54 bits per heavy atom. The van der Waals surface area contributed by atoms with Gasteiger partial charge in [0.1, 0.15) is 5.84 Å². The van der Waals surface area contributed by atoms with Crippen LogP contribution in [0.25, 0.3) is 0 Å². The van der Waals surface area contributed by atoms with Gasteiger partial charge in [0.25, 0.3) is 0 Å². The van der Waals surface area contributed by atoms with Gasteiger partial charge in [0.05, 0.1) is 0 Å². The summed E-state index contributed by atoms with van der Waals surface area (Å²) in [4.78, 5) is 4.33. The van der Waals surface area contributed by atoms with Crippen LogP contribution in [-0.2, 0) is 7.05 Å². The van der Waals surface area contributed by atoms with Crippen molar-refractivity contribution in [2.24, 2.45) is 12.0 Å². The first-order valence-electron chi connectivity index (χ1n) is 4.57. The van der Waals surface area contributed by atoms with Crippen LogP contribution in [0.1, 0.15) is 18.5 Å². The van der Waals surface area contributed by atoms with Crippen LogP contribution in [-0.4, -0.2) is 22.2 Å². The number of aromatic nitrogens is 2. The third-order valence-corrected chi connectivity index (χ3v) is 2.26. The van der Waals surface area contributed by atoms with Crippen molar-refractivity contribution in [1.29, 1.82) is 0 Å². The van der Waals surface area contributed by atoms with Crippen LogP contribution in [0.3, 0.4) is 0 Å². The monoisotopic (exact) mass is 178 g/mol. The fourth-order valence-electron chi connectivity index (χ4n) is 1.41. The van der Waals surface area contributed by atoms with E-state index in [1.54, 1.807) is 0 Å². The van der Waals surface area contributed by atoms with Gasteiger partial charge in [-0.1, -0.05) is 0 Å². The van der Waals surface area contributed by atoms with E-state index < -0.39 is 0 Å². The highest BCUT2D eigenvalue weighted by Gasteiger charge is 2.08. The highest BCUT2D eigenvalue weighted by Crippen LogP contribution is 2.10. The summed E-state index contributed by atoms with van der Waals surface area (Å²) < 4.78 is 1.86. The first-order chi connectivity index (χ1) is 6.25. The van der Waals surface area contributed by atoms with Gasteiger partial charge < -0.3 is 5.32 Å². The molecule has 0 bridgehead atoms. The molecule has 1 aromatic rings. The zero-order valence-electron chi connectivity index (χ0n) is 8.04. The molecule has 2 heterocycles. The van der Waals surface area contributed by atoms with Crippen LogP contribution in [0, 0.1) is 6.92 Å². The average molecular weight is 178 g/mol. The minimum absolute atomic E-state index is 0.903. The van der Waals surface area contributed by atoms with E-state index in [0.29, 0.717) is 0 Å². The number of amidine groups is 1. The minimum Gasteiger partial charge on any atom is -0.327 e. The Kier molecular flexibility index (Phi) is 2.04. The smallest absolute Gasteiger partial charge is 0.153 e. The van der Waals surface area contributed by atoms with Crippen LogP contribution in [0.2, 0.25) is 0 Å². The van der Waals surface area contributed by atoms with Crippen molar-refractivity contribution in [3.8, 4) is 0 Å². The second-order valence-corrected chi connectivity index (χ2v) is 3.35. The fourth-order valence-corrected chi connectivity index (χ4v) is 1.41. The van der Waals surface area contributed by atoms with E-state index in [-0.39, 0.29) is 0 Å². The van der Waals surface area contributed by atoms with Crippen molar-refractivity contribution >= 4 is 11.7 Å². The van der Waals surface area contributed by atoms with E-state index in [0.717, 1.165) is 36.7 Å². The number of anilines is 1. The number of rotatable bonds is 1. The lowest BCUT2D eigenvalue weighted by Gasteiger charge is -1.99. The van der Waals surface area contributed by atoms with Crippen molar-refractivity contribution in [3.05, 3.63) is 11.8 Å². The second kappa shape index (κ2) is 3.20. The molecular formula is C9H14N4. The van der Waals surface area contributed by atoms with Gasteiger partial charge >= 0.3 is 0 Å². The molecule has 0 aliphatic carbocycles. The molecule has 1 aliphatic rings. The SMILES string of the molecule is Cc1cc(NC2=NCCC2)nn1C. The molecule has 0 amide bonds. The average Bonchev–Trinajstić information content (AvgIpc) is 2.64. The van der Waals surface area contributed by atoms with E-state index >= 15 is 0 Å². The van der Waals surface area contributed by atoms with Crippen molar-refractivity contribution in [2.45, 2.75) is 19.8 Å². The highest BCUT2D eigenvalue weighted by molar-refractivity contribution is 5.95. The predicted molar refractivity (Wildman–Crippen MR) is 53.1 cm³/mol. The summed E-state index contributed by atoms with van der Waals surface area (Å²) in [7, 11) is 1.94. The molecule has 13 heavy (non-hydrogen) atoms. The van der Waals surface area contributed by atoms with Crippen molar-refractivity contribution in [3.63, 3.8) is 0 Å². The molecule has 0 fully saturated rings. The third-order valence-electron chi connectivity index (χ3n) is 2.26. The highest BCUT2D eigenvalue weighted by atomic mass is 15.3. The molecular weight excluding hydrogens is 164 g/mol. The summed E-state index contributed by atoms with van der Waals surface area (Å²) in [5, 5.41) is 7.52. The largest absolute Gasteiger partial charge is 0.327 e. The number of nitrogens with zero attached hydrogens (tertiary/aromatic N) is 3. The zero-order chi connectivity index (χ0) is 9.26. The summed E-state index contributed by atoms with van der Waals surface area (Å²) in [6, 6.07) is 2.03. The maximum Gasteiger partial charge on any atom is 0.153 e. The number of nitrogens with one attached hydrogen (secondary N) is 1. The van der Waals surface area contributed by atoms with Gasteiger partial charge in [-0.15, -0.1) is 0 Å². The van der Waals surface area contributed by atoms with E-state index in [4.69, 9.17) is 0 Å². The van der Waals surface area contributed by atoms with Crippen molar-refractivity contribution in [2.75, 3.05) is 11.9 Å². The lowest BCUT2D eigenvalue weighted by molar-refractivity contribution is 0.743. The van der Waals surface area contributed by atoms with E-state index in [2.05, 4.69) is 15.4 Å². The number of aliphatic imine (C=N–C) groups is 1. The maximum absolute atomic E-state index is 4.33. The van der Waals surface area contributed by atoms with Crippen LogP contribution in [0.15, 0.2) is 11.1 Å². The molecule has 0 saturated heterocycles.